The second kappa shape index (κ2) is 6.52. The van der Waals surface area contributed by atoms with Crippen LogP contribution in [0.5, 0.6) is 0 Å². The molecule has 2 aliphatic rings. The quantitative estimate of drug-likeness (QED) is 0.874. The molecule has 4 heterocycles. The van der Waals surface area contributed by atoms with E-state index in [2.05, 4.69) is 52.4 Å². The van der Waals surface area contributed by atoms with Gasteiger partial charge in [-0.15, -0.1) is 0 Å². The third kappa shape index (κ3) is 2.91. The van der Waals surface area contributed by atoms with Gasteiger partial charge in [0.05, 0.1) is 5.92 Å². The molecule has 0 bridgehead atoms. The maximum Gasteiger partial charge on any atom is 0.205 e. The molecule has 2 aliphatic heterocycles. The van der Waals surface area contributed by atoms with Gasteiger partial charge >= 0.3 is 0 Å². The Kier molecular flexibility index (Phi) is 4.22. The van der Waals surface area contributed by atoms with Gasteiger partial charge in [0.15, 0.2) is 0 Å². The van der Waals surface area contributed by atoms with Crippen LogP contribution in [0.3, 0.4) is 0 Å². The number of nitrogens with zero attached hydrogens (tertiary/aromatic N) is 2. The lowest BCUT2D eigenvalue weighted by Gasteiger charge is -2.36. The van der Waals surface area contributed by atoms with Gasteiger partial charge < -0.3 is 10.5 Å². The van der Waals surface area contributed by atoms with Crippen LogP contribution in [0.15, 0.2) is 62.0 Å². The summed E-state index contributed by atoms with van der Waals surface area (Å²) in [4.78, 5) is 2.25. The molecular formula is C19H17N3OS2. The van der Waals surface area contributed by atoms with Crippen LogP contribution in [-0.4, -0.2) is 25.0 Å². The minimum atomic E-state index is -0.131. The van der Waals surface area contributed by atoms with Gasteiger partial charge in [-0.3, -0.25) is 4.90 Å². The zero-order valence-corrected chi connectivity index (χ0v) is 15.4. The van der Waals surface area contributed by atoms with E-state index in [4.69, 9.17) is 10.5 Å². The Bertz CT molecular complexity index is 915. The van der Waals surface area contributed by atoms with E-state index in [1.165, 1.54) is 0 Å². The summed E-state index contributed by atoms with van der Waals surface area (Å²) in [6.45, 7) is 1.55. The van der Waals surface area contributed by atoms with Gasteiger partial charge in [-0.05, 0) is 63.5 Å². The molecule has 6 heteroatoms. The van der Waals surface area contributed by atoms with Crippen LogP contribution in [0.1, 0.15) is 17.0 Å². The van der Waals surface area contributed by atoms with Crippen LogP contribution < -0.4 is 5.73 Å². The minimum absolute atomic E-state index is 0.131. The normalized spacial score (nSPS) is 22.7. The van der Waals surface area contributed by atoms with E-state index in [1.54, 1.807) is 22.7 Å². The fraction of sp³-hybridized carbons (Fsp3) is 0.211. The molecule has 2 aromatic heterocycles. The molecule has 0 radical (unpaired) electrons. The van der Waals surface area contributed by atoms with Gasteiger partial charge in [0, 0.05) is 18.7 Å². The topological polar surface area (TPSA) is 62.3 Å². The summed E-state index contributed by atoms with van der Waals surface area (Å²) < 4.78 is 5.96. The molecule has 0 fully saturated rings. The van der Waals surface area contributed by atoms with Crippen LogP contribution in [0, 0.1) is 11.3 Å². The van der Waals surface area contributed by atoms with Crippen molar-refractivity contribution in [3.05, 3.63) is 73.1 Å². The van der Waals surface area contributed by atoms with E-state index in [1.807, 2.05) is 5.38 Å². The third-order valence-corrected chi connectivity index (χ3v) is 5.86. The van der Waals surface area contributed by atoms with Crippen molar-refractivity contribution < 1.29 is 4.74 Å². The largest absolute Gasteiger partial charge is 0.440 e. The zero-order chi connectivity index (χ0) is 17.4. The molecule has 126 valence electrons. The minimum Gasteiger partial charge on any atom is -0.440 e. The molecule has 4 rings (SSSR count). The lowest BCUT2D eigenvalue weighted by molar-refractivity contribution is 0.251. The molecule has 0 aromatic carbocycles. The monoisotopic (exact) mass is 367 g/mol. The van der Waals surface area contributed by atoms with Gasteiger partial charge in [0.2, 0.25) is 5.88 Å². The Morgan fingerprint density at radius 1 is 1.28 bits per heavy atom. The predicted molar refractivity (Wildman–Crippen MR) is 102 cm³/mol. The molecule has 1 unspecified atom stereocenters. The summed E-state index contributed by atoms with van der Waals surface area (Å²) in [5.41, 5.74) is 11.1. The van der Waals surface area contributed by atoms with Gasteiger partial charge in [-0.25, -0.2) is 0 Å². The molecule has 0 aliphatic carbocycles. The van der Waals surface area contributed by atoms with Crippen LogP contribution in [0.4, 0.5) is 0 Å². The first kappa shape index (κ1) is 16.2. The van der Waals surface area contributed by atoms with E-state index >= 15 is 0 Å². The summed E-state index contributed by atoms with van der Waals surface area (Å²) in [5.74, 6) is 0.920. The van der Waals surface area contributed by atoms with Crippen molar-refractivity contribution in [3.8, 4) is 6.07 Å². The lowest BCUT2D eigenvalue weighted by Crippen LogP contribution is -2.35. The van der Waals surface area contributed by atoms with Crippen molar-refractivity contribution in [2.45, 2.75) is 5.92 Å². The summed E-state index contributed by atoms with van der Waals surface area (Å²) in [7, 11) is 2.09. The number of ether oxygens (including phenoxy) is 1. The van der Waals surface area contributed by atoms with E-state index in [0.29, 0.717) is 5.57 Å². The number of rotatable bonds is 2. The summed E-state index contributed by atoms with van der Waals surface area (Å²) in [5, 5.41) is 17.9. The average molecular weight is 367 g/mol. The number of hydrogen-bond donors (Lipinski definition) is 1. The van der Waals surface area contributed by atoms with Gasteiger partial charge in [0.1, 0.15) is 17.4 Å². The van der Waals surface area contributed by atoms with Crippen molar-refractivity contribution >= 4 is 28.7 Å². The van der Waals surface area contributed by atoms with E-state index in [9.17, 15) is 5.26 Å². The first-order valence-electron chi connectivity index (χ1n) is 7.91. The summed E-state index contributed by atoms with van der Waals surface area (Å²) >= 11 is 3.30. The van der Waals surface area contributed by atoms with Crippen molar-refractivity contribution in [2.24, 2.45) is 5.73 Å². The van der Waals surface area contributed by atoms with Crippen molar-refractivity contribution in [2.75, 3.05) is 20.1 Å². The van der Waals surface area contributed by atoms with Crippen molar-refractivity contribution in [3.63, 3.8) is 0 Å². The first-order valence-corrected chi connectivity index (χ1v) is 9.80. The fourth-order valence-corrected chi connectivity index (χ4v) is 4.72. The Morgan fingerprint density at radius 2 is 2.08 bits per heavy atom. The smallest absolute Gasteiger partial charge is 0.205 e. The second-order valence-corrected chi connectivity index (χ2v) is 7.79. The number of nitriles is 1. The van der Waals surface area contributed by atoms with E-state index in [-0.39, 0.29) is 11.8 Å². The second-order valence-electron chi connectivity index (χ2n) is 6.23. The highest BCUT2D eigenvalue weighted by atomic mass is 32.1. The maximum absolute atomic E-state index is 9.65. The third-order valence-electron chi connectivity index (χ3n) is 4.46. The zero-order valence-electron chi connectivity index (χ0n) is 13.7. The Morgan fingerprint density at radius 3 is 2.76 bits per heavy atom. The number of likely N-dealkylation sites (N-methyl/N-ethyl adjacent to an activating group) is 1. The molecule has 0 spiro atoms. The number of thiophene rings is 2. The van der Waals surface area contributed by atoms with E-state index in [0.717, 1.165) is 41.1 Å². The number of hydrogen-bond acceptors (Lipinski definition) is 6. The Hall–Kier alpha value is -2.33. The summed E-state index contributed by atoms with van der Waals surface area (Å²) in [6, 6.07) is 6.42. The highest BCUT2D eigenvalue weighted by Gasteiger charge is 2.37. The molecule has 2 aromatic rings. The van der Waals surface area contributed by atoms with Gasteiger partial charge in [-0.1, -0.05) is 0 Å². The molecule has 0 amide bonds. The molecule has 0 saturated carbocycles. The van der Waals surface area contributed by atoms with Gasteiger partial charge in [-0.2, -0.15) is 27.9 Å². The van der Waals surface area contributed by atoms with Crippen molar-refractivity contribution in [1.82, 2.24) is 4.90 Å². The predicted octanol–water partition coefficient (Wildman–Crippen LogP) is 3.90. The average Bonchev–Trinajstić information content (AvgIpc) is 3.28. The maximum atomic E-state index is 9.65. The van der Waals surface area contributed by atoms with Crippen LogP contribution in [0.2, 0.25) is 0 Å². The Balaban J connectivity index is 1.87. The summed E-state index contributed by atoms with van der Waals surface area (Å²) in [6.07, 6.45) is 2.15. The molecule has 25 heavy (non-hydrogen) atoms. The highest BCUT2D eigenvalue weighted by molar-refractivity contribution is 7.08. The van der Waals surface area contributed by atoms with E-state index < -0.39 is 0 Å². The molecule has 4 nitrogen and oxygen atoms in total. The number of nitrogens with two attached hydrogens (primary N) is 1. The standard InChI is InChI=1S/C19H17N3OS2/c1-22-8-14(6-12-2-4-24-10-12)18-16(9-22)17(13-3-5-25-11-13)15(7-20)19(21)23-18/h2-6,10-11,17H,8-9,21H2,1H3. The molecule has 0 saturated heterocycles. The first-order chi connectivity index (χ1) is 12.2. The van der Waals surface area contributed by atoms with Crippen molar-refractivity contribution in [1.29, 1.82) is 5.26 Å². The van der Waals surface area contributed by atoms with Crippen LogP contribution in [-0.2, 0) is 4.74 Å². The number of allylic oxidation sites excluding steroid dienone is 1. The molecular weight excluding hydrogens is 350 g/mol. The molecule has 2 N–H and O–H groups in total. The van der Waals surface area contributed by atoms with Gasteiger partial charge in [0.25, 0.3) is 0 Å². The fourth-order valence-electron chi connectivity index (χ4n) is 3.42. The SMILES string of the molecule is CN1CC(=Cc2ccsc2)C2=C(C1)C(c1ccsc1)C(C#N)=C(N)O2. The van der Waals surface area contributed by atoms with Crippen LogP contribution >= 0.6 is 22.7 Å². The molecule has 1 atom stereocenters. The lowest BCUT2D eigenvalue weighted by atomic mass is 9.81. The van der Waals surface area contributed by atoms with Crippen LogP contribution in [0.25, 0.3) is 6.08 Å². The Labute approximate surface area is 154 Å². The highest BCUT2D eigenvalue weighted by Crippen LogP contribution is 2.43.